The SMILES string of the molecule is Cc1noc(C(C)C)c1C(=O)NNC(=O)c1cc2c(s1)CCC(C)C2. The fourth-order valence-electron chi connectivity index (χ4n) is 3.11. The highest BCUT2D eigenvalue weighted by atomic mass is 32.1. The van der Waals surface area contributed by atoms with E-state index in [2.05, 4.69) is 22.9 Å². The van der Waals surface area contributed by atoms with Gasteiger partial charge in [0.05, 0.1) is 10.6 Å². The van der Waals surface area contributed by atoms with E-state index in [9.17, 15) is 9.59 Å². The van der Waals surface area contributed by atoms with E-state index < -0.39 is 5.91 Å². The summed E-state index contributed by atoms with van der Waals surface area (Å²) in [5, 5.41) is 3.85. The van der Waals surface area contributed by atoms with Gasteiger partial charge in [0.1, 0.15) is 5.56 Å². The van der Waals surface area contributed by atoms with Crippen molar-refractivity contribution in [1.29, 1.82) is 0 Å². The predicted octanol–water partition coefficient (Wildman–Crippen LogP) is 3.37. The minimum absolute atomic E-state index is 0.0312. The predicted molar refractivity (Wildman–Crippen MR) is 95.8 cm³/mol. The van der Waals surface area contributed by atoms with Gasteiger partial charge in [0.15, 0.2) is 5.76 Å². The summed E-state index contributed by atoms with van der Waals surface area (Å²) in [6, 6.07) is 1.95. The number of fused-ring (bicyclic) bond motifs is 1. The van der Waals surface area contributed by atoms with Crippen molar-refractivity contribution < 1.29 is 14.1 Å². The molecule has 2 amide bonds. The number of carbonyl (C=O) groups excluding carboxylic acids is 2. The van der Waals surface area contributed by atoms with Gasteiger partial charge in [-0.2, -0.15) is 0 Å². The number of aromatic nitrogens is 1. The average molecular weight is 361 g/mol. The molecule has 3 rings (SSSR count). The fourth-order valence-corrected chi connectivity index (χ4v) is 4.22. The lowest BCUT2D eigenvalue weighted by Gasteiger charge is -2.16. The first-order chi connectivity index (χ1) is 11.9. The Morgan fingerprint density at radius 2 is 2.04 bits per heavy atom. The number of hydrogen-bond acceptors (Lipinski definition) is 5. The largest absolute Gasteiger partial charge is 0.360 e. The maximum Gasteiger partial charge on any atom is 0.279 e. The molecule has 0 fully saturated rings. The first kappa shape index (κ1) is 17.7. The smallest absolute Gasteiger partial charge is 0.279 e. The highest BCUT2D eigenvalue weighted by Crippen LogP contribution is 2.32. The second-order valence-corrected chi connectivity index (χ2v) is 8.11. The van der Waals surface area contributed by atoms with E-state index in [1.54, 1.807) is 6.92 Å². The standard InChI is InChI=1S/C18H23N3O3S/c1-9(2)16-15(11(4)21-24-16)18(23)20-19-17(22)14-8-12-7-10(3)5-6-13(12)25-14/h8-10H,5-7H2,1-4H3,(H,19,22)(H,20,23). The van der Waals surface area contributed by atoms with Crippen molar-refractivity contribution in [2.24, 2.45) is 5.92 Å². The molecule has 1 unspecified atom stereocenters. The molecule has 7 heteroatoms. The van der Waals surface area contributed by atoms with E-state index >= 15 is 0 Å². The summed E-state index contributed by atoms with van der Waals surface area (Å²) in [5.74, 6) is 0.503. The van der Waals surface area contributed by atoms with Crippen molar-refractivity contribution in [2.45, 2.75) is 52.9 Å². The third kappa shape index (κ3) is 3.61. The van der Waals surface area contributed by atoms with E-state index in [0.29, 0.717) is 27.8 Å². The van der Waals surface area contributed by atoms with Crippen LogP contribution in [-0.4, -0.2) is 17.0 Å². The van der Waals surface area contributed by atoms with Gasteiger partial charge >= 0.3 is 0 Å². The van der Waals surface area contributed by atoms with Crippen molar-refractivity contribution in [3.8, 4) is 0 Å². The number of nitrogens with one attached hydrogen (secondary N) is 2. The lowest BCUT2D eigenvalue weighted by Crippen LogP contribution is -2.41. The van der Waals surface area contributed by atoms with Crippen LogP contribution in [0.1, 0.15) is 75.0 Å². The highest BCUT2D eigenvalue weighted by molar-refractivity contribution is 7.14. The minimum Gasteiger partial charge on any atom is -0.360 e. The molecule has 0 radical (unpaired) electrons. The zero-order chi connectivity index (χ0) is 18.1. The summed E-state index contributed by atoms with van der Waals surface area (Å²) >= 11 is 1.51. The Bertz CT molecular complexity index is 807. The van der Waals surface area contributed by atoms with Crippen LogP contribution < -0.4 is 10.9 Å². The van der Waals surface area contributed by atoms with E-state index in [-0.39, 0.29) is 11.8 Å². The Morgan fingerprint density at radius 1 is 1.32 bits per heavy atom. The Balaban J connectivity index is 1.67. The molecular weight excluding hydrogens is 338 g/mol. The normalized spacial score (nSPS) is 16.6. The number of rotatable bonds is 3. The summed E-state index contributed by atoms with van der Waals surface area (Å²) in [7, 11) is 0. The van der Waals surface area contributed by atoms with Crippen LogP contribution in [-0.2, 0) is 12.8 Å². The van der Waals surface area contributed by atoms with Crippen LogP contribution >= 0.6 is 11.3 Å². The molecule has 2 N–H and O–H groups in total. The Kier molecular flexibility index (Phi) is 4.94. The molecule has 1 aliphatic carbocycles. The number of hydrazine groups is 1. The number of nitrogens with zero attached hydrogens (tertiary/aromatic N) is 1. The highest BCUT2D eigenvalue weighted by Gasteiger charge is 2.24. The van der Waals surface area contributed by atoms with Crippen molar-refractivity contribution in [3.05, 3.63) is 38.4 Å². The molecule has 134 valence electrons. The molecule has 0 aliphatic heterocycles. The molecule has 0 saturated carbocycles. The van der Waals surface area contributed by atoms with E-state index in [1.807, 2.05) is 19.9 Å². The van der Waals surface area contributed by atoms with Gasteiger partial charge in [0, 0.05) is 10.8 Å². The second kappa shape index (κ2) is 7.00. The summed E-state index contributed by atoms with van der Waals surface area (Å²) in [5.41, 5.74) is 7.14. The van der Waals surface area contributed by atoms with Gasteiger partial charge in [0.2, 0.25) is 0 Å². The topological polar surface area (TPSA) is 84.2 Å². The first-order valence-corrected chi connectivity index (χ1v) is 9.36. The molecule has 1 aliphatic rings. The quantitative estimate of drug-likeness (QED) is 0.821. The van der Waals surface area contributed by atoms with Gasteiger partial charge in [-0.15, -0.1) is 11.3 Å². The molecule has 2 heterocycles. The van der Waals surface area contributed by atoms with Gasteiger partial charge < -0.3 is 4.52 Å². The number of thiophene rings is 1. The number of carbonyl (C=O) groups is 2. The number of amides is 2. The maximum absolute atomic E-state index is 12.4. The molecule has 2 aromatic heterocycles. The van der Waals surface area contributed by atoms with Gasteiger partial charge in [-0.3, -0.25) is 20.4 Å². The maximum atomic E-state index is 12.4. The molecule has 0 bridgehead atoms. The molecule has 0 saturated heterocycles. The van der Waals surface area contributed by atoms with Crippen molar-refractivity contribution in [2.75, 3.05) is 0 Å². The minimum atomic E-state index is -0.411. The van der Waals surface area contributed by atoms with Crippen molar-refractivity contribution >= 4 is 23.2 Å². The van der Waals surface area contributed by atoms with Crippen molar-refractivity contribution in [3.63, 3.8) is 0 Å². The second-order valence-electron chi connectivity index (χ2n) is 6.98. The molecule has 1 atom stereocenters. The summed E-state index contributed by atoms with van der Waals surface area (Å²) < 4.78 is 5.21. The van der Waals surface area contributed by atoms with Crippen LogP contribution in [0.4, 0.5) is 0 Å². The van der Waals surface area contributed by atoms with E-state index in [0.717, 1.165) is 19.3 Å². The average Bonchev–Trinajstić information content (AvgIpc) is 3.15. The molecule has 2 aromatic rings. The monoisotopic (exact) mass is 361 g/mol. The Morgan fingerprint density at radius 3 is 2.76 bits per heavy atom. The lowest BCUT2D eigenvalue weighted by molar-refractivity contribution is 0.0847. The zero-order valence-corrected chi connectivity index (χ0v) is 15.8. The number of hydrogen-bond donors (Lipinski definition) is 2. The van der Waals surface area contributed by atoms with Crippen LogP contribution in [0.3, 0.4) is 0 Å². The molecular formula is C18H23N3O3S. The van der Waals surface area contributed by atoms with Gasteiger partial charge in [-0.25, -0.2) is 0 Å². The van der Waals surface area contributed by atoms with Crippen LogP contribution in [0.2, 0.25) is 0 Å². The molecule has 0 spiro atoms. The van der Waals surface area contributed by atoms with Gasteiger partial charge in [-0.1, -0.05) is 25.9 Å². The van der Waals surface area contributed by atoms with Crippen LogP contribution in [0, 0.1) is 12.8 Å². The number of aryl methyl sites for hydroxylation is 2. The molecule has 0 aromatic carbocycles. The lowest BCUT2D eigenvalue weighted by atomic mass is 9.90. The molecule has 25 heavy (non-hydrogen) atoms. The summed E-state index contributed by atoms with van der Waals surface area (Å²) in [6.07, 6.45) is 3.21. The third-order valence-corrected chi connectivity index (χ3v) is 5.72. The van der Waals surface area contributed by atoms with E-state index in [1.165, 1.54) is 21.8 Å². The zero-order valence-electron chi connectivity index (χ0n) is 14.9. The Hall–Kier alpha value is -2.15. The van der Waals surface area contributed by atoms with Crippen LogP contribution in [0.25, 0.3) is 0 Å². The van der Waals surface area contributed by atoms with Crippen molar-refractivity contribution in [1.82, 2.24) is 16.0 Å². The third-order valence-electron chi connectivity index (χ3n) is 4.48. The Labute approximate surface area is 150 Å². The van der Waals surface area contributed by atoms with Crippen LogP contribution in [0.15, 0.2) is 10.6 Å². The summed E-state index contributed by atoms with van der Waals surface area (Å²) in [4.78, 5) is 26.7. The van der Waals surface area contributed by atoms with Gasteiger partial charge in [0.25, 0.3) is 11.8 Å². The van der Waals surface area contributed by atoms with Crippen LogP contribution in [0.5, 0.6) is 0 Å². The fraction of sp³-hybridized carbons (Fsp3) is 0.500. The first-order valence-electron chi connectivity index (χ1n) is 8.55. The molecule has 6 nitrogen and oxygen atoms in total. The van der Waals surface area contributed by atoms with E-state index in [4.69, 9.17) is 4.52 Å². The summed E-state index contributed by atoms with van der Waals surface area (Å²) in [6.45, 7) is 7.79. The van der Waals surface area contributed by atoms with Gasteiger partial charge in [-0.05, 0) is 43.7 Å².